The molecule has 0 saturated carbocycles. The van der Waals surface area contributed by atoms with Gasteiger partial charge in [0.2, 0.25) is 10.0 Å². The number of benzene rings is 1. The predicted octanol–water partition coefficient (Wildman–Crippen LogP) is -0.408. The van der Waals surface area contributed by atoms with Gasteiger partial charge in [0, 0.05) is 19.2 Å². The fourth-order valence-corrected chi connectivity index (χ4v) is 4.29. The van der Waals surface area contributed by atoms with Crippen molar-refractivity contribution in [2.24, 2.45) is 0 Å². The van der Waals surface area contributed by atoms with Crippen LogP contribution in [0.15, 0.2) is 35.2 Å². The Bertz CT molecular complexity index is 719. The van der Waals surface area contributed by atoms with Crippen molar-refractivity contribution in [2.75, 3.05) is 46.3 Å². The van der Waals surface area contributed by atoms with Crippen LogP contribution in [0.3, 0.4) is 0 Å². The lowest BCUT2D eigenvalue weighted by molar-refractivity contribution is -0.884. The van der Waals surface area contributed by atoms with Crippen LogP contribution >= 0.6 is 0 Å². The van der Waals surface area contributed by atoms with Gasteiger partial charge in [0.15, 0.2) is 0 Å². The number of hydrogen-bond acceptors (Lipinski definition) is 4. The summed E-state index contributed by atoms with van der Waals surface area (Å²) >= 11 is 0. The first-order chi connectivity index (χ1) is 12.4. The van der Waals surface area contributed by atoms with Gasteiger partial charge in [0.1, 0.15) is 0 Å². The van der Waals surface area contributed by atoms with E-state index in [1.54, 1.807) is 30.3 Å². The maximum atomic E-state index is 12.5. The zero-order chi connectivity index (χ0) is 19.2. The van der Waals surface area contributed by atoms with Crippen molar-refractivity contribution in [3.8, 4) is 0 Å². The molecule has 0 atom stereocenters. The number of sulfonamides is 1. The van der Waals surface area contributed by atoms with Gasteiger partial charge in [-0.1, -0.05) is 26.0 Å². The summed E-state index contributed by atoms with van der Waals surface area (Å²) in [5.41, 5.74) is 3.65. The van der Waals surface area contributed by atoms with Crippen molar-refractivity contribution in [3.63, 3.8) is 0 Å². The third-order valence-electron chi connectivity index (χ3n) is 4.54. The van der Waals surface area contributed by atoms with E-state index in [0.29, 0.717) is 13.1 Å². The number of nitrogens with zero attached hydrogens (tertiary/aromatic N) is 2. The van der Waals surface area contributed by atoms with E-state index < -0.39 is 10.0 Å². The molecule has 1 amide bonds. The molecule has 8 heteroatoms. The van der Waals surface area contributed by atoms with Crippen LogP contribution in [0.25, 0.3) is 6.08 Å². The molecule has 1 fully saturated rings. The number of nitrogens with one attached hydrogen (secondary N) is 2. The Morgan fingerprint density at radius 3 is 2.31 bits per heavy atom. The third kappa shape index (κ3) is 5.38. The molecule has 1 heterocycles. The van der Waals surface area contributed by atoms with Crippen molar-refractivity contribution in [1.82, 2.24) is 14.7 Å². The van der Waals surface area contributed by atoms with Crippen LogP contribution in [-0.4, -0.2) is 70.0 Å². The van der Waals surface area contributed by atoms with Crippen LogP contribution in [0.5, 0.6) is 0 Å². The Kier molecular flexibility index (Phi) is 7.33. The summed E-state index contributed by atoms with van der Waals surface area (Å²) in [6, 6.07) is 6.57. The third-order valence-corrected chi connectivity index (χ3v) is 6.60. The molecule has 0 aliphatic carbocycles. The van der Waals surface area contributed by atoms with E-state index in [0.717, 1.165) is 31.7 Å². The highest BCUT2D eigenvalue weighted by atomic mass is 32.2. The van der Waals surface area contributed by atoms with Crippen molar-refractivity contribution >= 4 is 22.0 Å². The Morgan fingerprint density at radius 1 is 1.19 bits per heavy atom. The summed E-state index contributed by atoms with van der Waals surface area (Å²) in [5.74, 6) is -0.176. The molecule has 2 rings (SSSR count). The van der Waals surface area contributed by atoms with Gasteiger partial charge < -0.3 is 4.90 Å². The maximum absolute atomic E-state index is 12.5. The number of rotatable bonds is 7. The number of hydrogen-bond donors (Lipinski definition) is 2. The molecule has 7 nitrogen and oxygen atoms in total. The zero-order valence-corrected chi connectivity index (χ0v) is 16.6. The highest BCUT2D eigenvalue weighted by Crippen LogP contribution is 2.16. The van der Waals surface area contributed by atoms with E-state index in [2.05, 4.69) is 12.5 Å². The number of amides is 1. The molecule has 1 aliphatic rings. The topological polar surface area (TPSA) is 74.2 Å². The van der Waals surface area contributed by atoms with E-state index in [9.17, 15) is 13.2 Å². The Hall–Kier alpha value is -1.74. The summed E-state index contributed by atoms with van der Waals surface area (Å²) in [5, 5.41) is 1.93. The van der Waals surface area contributed by atoms with Crippen molar-refractivity contribution in [3.05, 3.63) is 35.9 Å². The fraction of sp³-hybridized carbons (Fsp3) is 0.500. The minimum Gasteiger partial charge on any atom is -0.335 e. The molecule has 0 bridgehead atoms. The molecule has 0 aromatic heterocycles. The predicted molar refractivity (Wildman–Crippen MR) is 102 cm³/mol. The standard InChI is InChI=1S/C18H28N4O3S/c1-4-22(5-2)26(24,25)17-9-6-16(7-10-17)8-11-18(23)19-21-14-12-20(3)13-15-21/h6-11H,4-5,12-15H2,1-3H3,(H,19,23)/p+1/b11-8+. The molecule has 1 saturated heterocycles. The van der Waals surface area contributed by atoms with E-state index >= 15 is 0 Å². The Labute approximate surface area is 156 Å². The van der Waals surface area contributed by atoms with Crippen LogP contribution in [-0.2, 0) is 14.8 Å². The molecule has 1 aromatic rings. The molecule has 144 valence electrons. The van der Waals surface area contributed by atoms with E-state index in [-0.39, 0.29) is 10.8 Å². The van der Waals surface area contributed by atoms with Gasteiger partial charge in [-0.25, -0.2) is 13.4 Å². The van der Waals surface area contributed by atoms with Gasteiger partial charge >= 0.3 is 0 Å². The minimum atomic E-state index is -3.45. The lowest BCUT2D eigenvalue weighted by atomic mass is 10.2. The van der Waals surface area contributed by atoms with Crippen LogP contribution in [0.1, 0.15) is 19.4 Å². The van der Waals surface area contributed by atoms with Crippen LogP contribution in [0.2, 0.25) is 0 Å². The number of carbonyl (C=O) groups is 1. The summed E-state index contributed by atoms with van der Waals surface area (Å²) in [7, 11) is -1.31. The SMILES string of the molecule is CCN(CC)S(=O)(=O)c1ccc(/C=C/C(=O)NN2CC[NH+](C)CC2)cc1. The smallest absolute Gasteiger partial charge is 0.258 e. The normalized spacial score (nSPS) is 17.1. The maximum Gasteiger partial charge on any atom is 0.258 e. The number of likely N-dealkylation sites (N-methyl/N-ethyl adjacent to an activating group) is 1. The van der Waals surface area contributed by atoms with Crippen LogP contribution < -0.4 is 10.3 Å². The van der Waals surface area contributed by atoms with E-state index in [1.165, 1.54) is 15.3 Å². The average molecular weight is 382 g/mol. The van der Waals surface area contributed by atoms with Gasteiger partial charge in [-0.2, -0.15) is 4.31 Å². The lowest BCUT2D eigenvalue weighted by Crippen LogP contribution is -3.12. The first kappa shape index (κ1) is 20.6. The highest BCUT2D eigenvalue weighted by molar-refractivity contribution is 7.89. The van der Waals surface area contributed by atoms with Gasteiger partial charge in [0.25, 0.3) is 5.91 Å². The number of quaternary nitrogens is 1. The zero-order valence-electron chi connectivity index (χ0n) is 15.7. The molecule has 1 aromatic carbocycles. The minimum absolute atomic E-state index is 0.176. The summed E-state index contributed by atoms with van der Waals surface area (Å²) in [4.78, 5) is 13.7. The Balaban J connectivity index is 1.96. The molecule has 2 N–H and O–H groups in total. The second-order valence-electron chi connectivity index (χ2n) is 6.41. The molecule has 0 spiro atoms. The van der Waals surface area contributed by atoms with Gasteiger partial charge in [-0.15, -0.1) is 0 Å². The first-order valence-electron chi connectivity index (χ1n) is 9.02. The van der Waals surface area contributed by atoms with Crippen molar-refractivity contribution < 1.29 is 18.1 Å². The fourth-order valence-electron chi connectivity index (χ4n) is 2.83. The van der Waals surface area contributed by atoms with E-state index in [4.69, 9.17) is 0 Å². The molecule has 26 heavy (non-hydrogen) atoms. The summed E-state index contributed by atoms with van der Waals surface area (Å²) in [6.07, 6.45) is 3.16. The molecule has 0 unspecified atom stereocenters. The summed E-state index contributed by atoms with van der Waals surface area (Å²) in [6.45, 7) is 8.20. The molecule has 1 aliphatic heterocycles. The van der Waals surface area contributed by atoms with Crippen LogP contribution in [0, 0.1) is 0 Å². The van der Waals surface area contributed by atoms with Gasteiger partial charge in [-0.3, -0.25) is 10.2 Å². The average Bonchev–Trinajstić information content (AvgIpc) is 2.63. The monoisotopic (exact) mass is 381 g/mol. The first-order valence-corrected chi connectivity index (χ1v) is 10.5. The highest BCUT2D eigenvalue weighted by Gasteiger charge is 2.21. The van der Waals surface area contributed by atoms with Gasteiger partial charge in [-0.05, 0) is 23.8 Å². The van der Waals surface area contributed by atoms with Crippen molar-refractivity contribution in [2.45, 2.75) is 18.7 Å². The van der Waals surface area contributed by atoms with E-state index in [1.807, 2.05) is 18.9 Å². The van der Waals surface area contributed by atoms with Crippen molar-refractivity contribution in [1.29, 1.82) is 0 Å². The lowest BCUT2D eigenvalue weighted by Gasteiger charge is -2.29. The van der Waals surface area contributed by atoms with Gasteiger partial charge in [0.05, 0.1) is 38.1 Å². The largest absolute Gasteiger partial charge is 0.335 e. The quantitative estimate of drug-likeness (QED) is 0.630. The van der Waals surface area contributed by atoms with Crippen LogP contribution in [0.4, 0.5) is 0 Å². The second kappa shape index (κ2) is 9.27. The number of hydrazine groups is 1. The number of carbonyl (C=O) groups excluding carboxylic acids is 1. The number of piperazine rings is 1. The summed E-state index contributed by atoms with van der Waals surface area (Å²) < 4.78 is 26.3. The molecular weight excluding hydrogens is 352 g/mol. The Morgan fingerprint density at radius 2 is 1.77 bits per heavy atom. The molecular formula is C18H29N4O3S+. The second-order valence-corrected chi connectivity index (χ2v) is 8.35. The molecule has 0 radical (unpaired) electrons.